The van der Waals surface area contributed by atoms with Gasteiger partial charge in [-0.25, -0.2) is 0 Å². The van der Waals surface area contributed by atoms with Crippen molar-refractivity contribution < 1.29 is 18.0 Å². The molecule has 0 aromatic heterocycles. The normalized spacial score (nSPS) is 11.9. The summed E-state index contributed by atoms with van der Waals surface area (Å²) in [6, 6.07) is 0. The van der Waals surface area contributed by atoms with E-state index in [9.17, 15) is 13.2 Å². The van der Waals surface area contributed by atoms with E-state index in [-0.39, 0.29) is 0 Å². The molecular weight excluding hydrogens is 210 g/mol. The zero-order chi connectivity index (χ0) is 11.2. The van der Waals surface area contributed by atoms with Crippen LogP contribution in [-0.2, 0) is 19.8 Å². The van der Waals surface area contributed by atoms with Crippen molar-refractivity contribution in [3.05, 3.63) is 0 Å². The van der Waals surface area contributed by atoms with E-state index >= 15 is 0 Å². The highest BCUT2D eigenvalue weighted by Gasteiger charge is 2.18. The predicted octanol–water partition coefficient (Wildman–Crippen LogP) is -1.42. The van der Waals surface area contributed by atoms with Crippen molar-refractivity contribution in [3.8, 4) is 0 Å². The van der Waals surface area contributed by atoms with Crippen LogP contribution in [0.1, 0.15) is 13.8 Å². The Balaban J connectivity index is 4.13. The Bertz CT molecular complexity index is 273. The number of primary amides is 1. The second kappa shape index (κ2) is 5.91. The maximum absolute atomic E-state index is 11.3. The smallest absolute Gasteiger partial charge is 0.301 e. The van der Waals surface area contributed by atoms with Crippen molar-refractivity contribution in [1.82, 2.24) is 9.19 Å². The van der Waals surface area contributed by atoms with E-state index in [0.717, 1.165) is 4.31 Å². The van der Waals surface area contributed by atoms with Crippen LogP contribution in [0.2, 0.25) is 0 Å². The van der Waals surface area contributed by atoms with Gasteiger partial charge in [-0.3, -0.25) is 9.63 Å². The molecule has 0 aliphatic carbocycles. The molecule has 0 fully saturated rings. The number of nitrogens with two attached hydrogens (primary N) is 1. The third-order valence-corrected chi connectivity index (χ3v) is 2.95. The summed E-state index contributed by atoms with van der Waals surface area (Å²) in [5.41, 5.74) is 4.75. The minimum atomic E-state index is -3.66. The van der Waals surface area contributed by atoms with Crippen LogP contribution < -0.4 is 10.6 Å². The predicted molar refractivity (Wildman–Crippen MR) is 50.1 cm³/mol. The van der Waals surface area contributed by atoms with E-state index < -0.39 is 22.7 Å². The maximum Gasteiger partial charge on any atom is 0.301 e. The number of hydrogen-bond acceptors (Lipinski definition) is 4. The molecule has 0 bridgehead atoms. The Labute approximate surface area is 83.3 Å². The molecule has 14 heavy (non-hydrogen) atoms. The number of nitrogens with one attached hydrogen (secondary N) is 1. The summed E-state index contributed by atoms with van der Waals surface area (Å²) in [6.45, 7) is 3.55. The summed E-state index contributed by atoms with van der Waals surface area (Å²) in [5.74, 6) is -0.743. The van der Waals surface area contributed by atoms with E-state index in [4.69, 9.17) is 5.73 Å². The Kier molecular flexibility index (Phi) is 5.62. The largest absolute Gasteiger partial charge is 0.368 e. The van der Waals surface area contributed by atoms with Gasteiger partial charge in [0.1, 0.15) is 6.61 Å². The van der Waals surface area contributed by atoms with Crippen LogP contribution in [0.4, 0.5) is 0 Å². The Hall–Kier alpha value is -0.700. The molecule has 0 unspecified atom stereocenters. The second-order valence-corrected chi connectivity index (χ2v) is 4.06. The first-order valence-electron chi connectivity index (χ1n) is 4.11. The summed E-state index contributed by atoms with van der Waals surface area (Å²) < 4.78 is 23.8. The molecule has 0 aromatic rings. The van der Waals surface area contributed by atoms with Crippen LogP contribution in [0.3, 0.4) is 0 Å². The van der Waals surface area contributed by atoms with Gasteiger partial charge in [0.2, 0.25) is 5.91 Å². The van der Waals surface area contributed by atoms with Crippen LogP contribution in [0.15, 0.2) is 0 Å². The zero-order valence-corrected chi connectivity index (χ0v) is 9.00. The molecule has 0 spiro atoms. The number of hydrogen-bond donors (Lipinski definition) is 2. The van der Waals surface area contributed by atoms with Crippen molar-refractivity contribution in [1.29, 1.82) is 0 Å². The van der Waals surface area contributed by atoms with E-state index in [2.05, 4.69) is 4.84 Å². The molecule has 0 saturated carbocycles. The fourth-order valence-electron chi connectivity index (χ4n) is 0.791. The Morgan fingerprint density at radius 2 is 1.93 bits per heavy atom. The zero-order valence-electron chi connectivity index (χ0n) is 8.19. The molecule has 8 heteroatoms. The molecule has 84 valence electrons. The van der Waals surface area contributed by atoms with Crippen LogP contribution >= 0.6 is 0 Å². The SMILES string of the molecule is CCN(CC)S(=O)(=O)NOCC(N)=O. The summed E-state index contributed by atoms with van der Waals surface area (Å²) >= 11 is 0. The van der Waals surface area contributed by atoms with Gasteiger partial charge in [0.05, 0.1) is 0 Å². The minimum Gasteiger partial charge on any atom is -0.368 e. The molecule has 0 heterocycles. The molecule has 7 nitrogen and oxygen atoms in total. The summed E-state index contributed by atoms with van der Waals surface area (Å²) in [7, 11) is -3.66. The molecule has 0 rings (SSSR count). The number of rotatable bonds is 7. The number of carbonyl (C=O) groups is 1. The number of amides is 1. The topological polar surface area (TPSA) is 102 Å². The van der Waals surface area contributed by atoms with E-state index in [0.29, 0.717) is 13.1 Å². The summed E-state index contributed by atoms with van der Waals surface area (Å²) in [4.78, 5) is 16.4. The van der Waals surface area contributed by atoms with Gasteiger partial charge in [0.25, 0.3) is 0 Å². The monoisotopic (exact) mass is 225 g/mol. The van der Waals surface area contributed by atoms with Gasteiger partial charge in [0, 0.05) is 13.1 Å². The Morgan fingerprint density at radius 3 is 2.29 bits per heavy atom. The quantitative estimate of drug-likeness (QED) is 0.519. The molecule has 1 amide bonds. The number of carbonyl (C=O) groups excluding carboxylic acids is 1. The van der Waals surface area contributed by atoms with Gasteiger partial charge in [0.15, 0.2) is 0 Å². The van der Waals surface area contributed by atoms with Crippen LogP contribution in [0, 0.1) is 0 Å². The van der Waals surface area contributed by atoms with E-state index in [1.165, 1.54) is 0 Å². The standard InChI is InChI=1S/C6H15N3O4S/c1-3-9(4-2)14(11,12)8-13-5-6(7)10/h8H,3-5H2,1-2H3,(H2,7,10). The molecule has 0 radical (unpaired) electrons. The second-order valence-electron chi connectivity index (χ2n) is 2.43. The van der Waals surface area contributed by atoms with Crippen LogP contribution in [0.5, 0.6) is 0 Å². The lowest BCUT2D eigenvalue weighted by Crippen LogP contribution is -2.41. The fraction of sp³-hybridized carbons (Fsp3) is 0.833. The highest BCUT2D eigenvalue weighted by atomic mass is 32.2. The fourth-order valence-corrected chi connectivity index (χ4v) is 1.78. The van der Waals surface area contributed by atoms with Crippen molar-refractivity contribution in [2.24, 2.45) is 5.73 Å². The molecule has 0 atom stereocenters. The van der Waals surface area contributed by atoms with Crippen LogP contribution in [-0.4, -0.2) is 38.3 Å². The lowest BCUT2D eigenvalue weighted by atomic mass is 10.7. The first-order chi connectivity index (χ1) is 6.44. The van der Waals surface area contributed by atoms with Gasteiger partial charge < -0.3 is 5.73 Å². The lowest BCUT2D eigenvalue weighted by Gasteiger charge is -2.17. The average Bonchev–Trinajstić information content (AvgIpc) is 2.04. The van der Waals surface area contributed by atoms with Crippen molar-refractivity contribution in [2.45, 2.75) is 13.8 Å². The van der Waals surface area contributed by atoms with Gasteiger partial charge in [-0.2, -0.15) is 12.7 Å². The summed E-state index contributed by atoms with van der Waals surface area (Å²) in [5, 5.41) is 0. The maximum atomic E-state index is 11.3. The van der Waals surface area contributed by atoms with Gasteiger partial charge in [-0.05, 0) is 0 Å². The molecule has 0 saturated heterocycles. The van der Waals surface area contributed by atoms with E-state index in [1.807, 2.05) is 0 Å². The average molecular weight is 225 g/mol. The molecule has 3 N–H and O–H groups in total. The van der Waals surface area contributed by atoms with Gasteiger partial charge >= 0.3 is 10.2 Å². The molecular formula is C6H15N3O4S. The first-order valence-corrected chi connectivity index (χ1v) is 5.55. The van der Waals surface area contributed by atoms with Crippen molar-refractivity contribution >= 4 is 16.1 Å². The molecule has 0 aliphatic rings. The van der Waals surface area contributed by atoms with E-state index in [1.54, 1.807) is 18.7 Å². The van der Waals surface area contributed by atoms with Gasteiger partial charge in [-0.1, -0.05) is 18.7 Å². The highest BCUT2D eigenvalue weighted by molar-refractivity contribution is 7.87. The van der Waals surface area contributed by atoms with Gasteiger partial charge in [-0.15, -0.1) is 0 Å². The lowest BCUT2D eigenvalue weighted by molar-refractivity contribution is -0.123. The third kappa shape index (κ3) is 4.51. The third-order valence-electron chi connectivity index (χ3n) is 1.42. The highest BCUT2D eigenvalue weighted by Crippen LogP contribution is 1.95. The molecule has 0 aliphatic heterocycles. The minimum absolute atomic E-state index is 0.325. The Morgan fingerprint density at radius 1 is 1.43 bits per heavy atom. The first kappa shape index (κ1) is 13.3. The van der Waals surface area contributed by atoms with Crippen molar-refractivity contribution in [3.63, 3.8) is 0 Å². The van der Waals surface area contributed by atoms with Crippen LogP contribution in [0.25, 0.3) is 0 Å². The van der Waals surface area contributed by atoms with Crippen molar-refractivity contribution in [2.75, 3.05) is 19.7 Å². The summed E-state index contributed by atoms with van der Waals surface area (Å²) in [6.07, 6.45) is 0. The number of nitrogens with zero attached hydrogens (tertiary/aromatic N) is 1. The molecule has 0 aromatic carbocycles.